The van der Waals surface area contributed by atoms with Gasteiger partial charge in [-0.2, -0.15) is 0 Å². The minimum Gasteiger partial charge on any atom is -0.307 e. The van der Waals surface area contributed by atoms with Gasteiger partial charge in [0.05, 0.1) is 0 Å². The molecule has 1 rings (SSSR count). The third kappa shape index (κ3) is 1.32. The van der Waals surface area contributed by atoms with Crippen LogP contribution in [0.4, 0.5) is 0 Å². The first-order valence-electron chi connectivity index (χ1n) is 3.35. The van der Waals surface area contributed by atoms with Crippen LogP contribution in [0.25, 0.3) is 0 Å². The van der Waals surface area contributed by atoms with Gasteiger partial charge in [-0.1, -0.05) is 27.7 Å². The summed E-state index contributed by atoms with van der Waals surface area (Å²) < 4.78 is 0. The van der Waals surface area contributed by atoms with Crippen molar-refractivity contribution < 1.29 is 4.79 Å². The van der Waals surface area contributed by atoms with Crippen molar-refractivity contribution in [1.82, 2.24) is 0 Å². The molecule has 0 aromatic rings. The fourth-order valence-corrected chi connectivity index (χ4v) is 1.19. The van der Waals surface area contributed by atoms with Crippen LogP contribution in [0, 0.1) is 17.3 Å². The van der Waals surface area contributed by atoms with Crippen molar-refractivity contribution in [3.05, 3.63) is 0 Å². The lowest BCUT2D eigenvalue weighted by Crippen LogP contribution is -1.85. The predicted molar refractivity (Wildman–Crippen MR) is 39.2 cm³/mol. The molecule has 0 radical (unpaired) electrons. The van der Waals surface area contributed by atoms with Gasteiger partial charge in [0.25, 0.3) is 0 Å². The molecule has 0 spiro atoms. The van der Waals surface area contributed by atoms with Gasteiger partial charge < -0.3 is 4.79 Å². The third-order valence-corrected chi connectivity index (χ3v) is 2.99. The quantitative estimate of drug-likeness (QED) is 0.488. The van der Waals surface area contributed by atoms with Crippen LogP contribution >= 0.6 is 0 Å². The number of carbonyl (C=O) groups excluding carboxylic acids is 1. The summed E-state index contributed by atoms with van der Waals surface area (Å²) in [5.74, 6) is 1.93. The van der Waals surface area contributed by atoms with Gasteiger partial charge in [-0.15, -0.1) is 0 Å². The second-order valence-electron chi connectivity index (χ2n) is 3.40. The fraction of sp³-hybridized carbons (Fsp3) is 0.875. The first-order valence-corrected chi connectivity index (χ1v) is 3.35. The third-order valence-electron chi connectivity index (χ3n) is 2.99. The Morgan fingerprint density at radius 2 is 1.22 bits per heavy atom. The molecule has 9 heavy (non-hydrogen) atoms. The number of hydrogen-bond acceptors (Lipinski definition) is 1. The maximum absolute atomic E-state index is 8.00. The summed E-state index contributed by atoms with van der Waals surface area (Å²) in [6, 6.07) is 0. The van der Waals surface area contributed by atoms with Crippen molar-refractivity contribution in [3.63, 3.8) is 0 Å². The second kappa shape index (κ2) is 2.51. The van der Waals surface area contributed by atoms with Gasteiger partial charge in [0.1, 0.15) is 6.79 Å². The van der Waals surface area contributed by atoms with Crippen molar-refractivity contribution in [2.45, 2.75) is 27.7 Å². The lowest BCUT2D eigenvalue weighted by molar-refractivity contribution is -0.0979. The molecule has 0 bridgehead atoms. The summed E-state index contributed by atoms with van der Waals surface area (Å²) in [6.45, 7) is 11.3. The maximum atomic E-state index is 8.00. The average molecular weight is 128 g/mol. The Labute approximate surface area is 57.5 Å². The Bertz CT molecular complexity index is 86.7. The molecule has 1 aliphatic carbocycles. The summed E-state index contributed by atoms with van der Waals surface area (Å²) in [5, 5.41) is 0. The van der Waals surface area contributed by atoms with Crippen LogP contribution in [-0.2, 0) is 4.79 Å². The van der Waals surface area contributed by atoms with Crippen LogP contribution in [0.3, 0.4) is 0 Å². The number of rotatable bonds is 0. The van der Waals surface area contributed by atoms with Crippen molar-refractivity contribution in [2.24, 2.45) is 17.3 Å². The van der Waals surface area contributed by atoms with Gasteiger partial charge in [0.15, 0.2) is 0 Å². The molecule has 0 aromatic carbocycles. The smallest absolute Gasteiger partial charge is 0.106 e. The highest BCUT2D eigenvalue weighted by Gasteiger charge is 2.50. The van der Waals surface area contributed by atoms with Crippen molar-refractivity contribution in [3.8, 4) is 0 Å². The normalized spacial score (nSPS) is 36.4. The van der Waals surface area contributed by atoms with Gasteiger partial charge in [-0.05, 0) is 17.3 Å². The zero-order valence-electron chi connectivity index (χ0n) is 6.77. The molecule has 0 N–H and O–H groups in total. The van der Waals surface area contributed by atoms with E-state index in [9.17, 15) is 0 Å². The van der Waals surface area contributed by atoms with E-state index in [-0.39, 0.29) is 0 Å². The number of carbonyl (C=O) groups is 1. The van der Waals surface area contributed by atoms with Crippen LogP contribution in [0.1, 0.15) is 27.7 Å². The van der Waals surface area contributed by atoms with Gasteiger partial charge in [0.2, 0.25) is 0 Å². The van der Waals surface area contributed by atoms with Gasteiger partial charge in [-0.3, -0.25) is 0 Å². The van der Waals surface area contributed by atoms with Crippen LogP contribution in [0.15, 0.2) is 0 Å². The summed E-state index contributed by atoms with van der Waals surface area (Å²) in [7, 11) is 0. The van der Waals surface area contributed by atoms with Gasteiger partial charge in [0, 0.05) is 0 Å². The van der Waals surface area contributed by atoms with E-state index in [2.05, 4.69) is 27.7 Å². The highest BCUT2D eigenvalue weighted by Crippen LogP contribution is 2.57. The van der Waals surface area contributed by atoms with Crippen molar-refractivity contribution in [1.29, 1.82) is 0 Å². The fourth-order valence-electron chi connectivity index (χ4n) is 1.19. The zero-order valence-corrected chi connectivity index (χ0v) is 6.77. The molecule has 1 fully saturated rings. The molecule has 2 atom stereocenters. The van der Waals surface area contributed by atoms with E-state index >= 15 is 0 Å². The molecule has 2 unspecified atom stereocenters. The second-order valence-corrected chi connectivity index (χ2v) is 3.40. The predicted octanol–water partition coefficient (Wildman–Crippen LogP) is 2.11. The van der Waals surface area contributed by atoms with Gasteiger partial charge in [-0.25, -0.2) is 0 Å². The van der Waals surface area contributed by atoms with Crippen molar-refractivity contribution in [2.75, 3.05) is 0 Å². The summed E-state index contributed by atoms with van der Waals surface area (Å²) in [4.78, 5) is 8.00. The largest absolute Gasteiger partial charge is 0.307 e. The van der Waals surface area contributed by atoms with E-state index in [0.717, 1.165) is 11.8 Å². The molecule has 1 heteroatoms. The molecule has 0 saturated heterocycles. The van der Waals surface area contributed by atoms with Crippen molar-refractivity contribution >= 4 is 6.79 Å². The summed E-state index contributed by atoms with van der Waals surface area (Å²) >= 11 is 0. The SMILES string of the molecule is C=O.CC1C(C)C1(C)C. The molecule has 54 valence electrons. The summed E-state index contributed by atoms with van der Waals surface area (Å²) in [5.41, 5.74) is 0.667. The molecule has 0 heterocycles. The van der Waals surface area contributed by atoms with Crippen LogP contribution in [-0.4, -0.2) is 6.79 Å². The van der Waals surface area contributed by atoms with Crippen LogP contribution in [0.2, 0.25) is 0 Å². The Morgan fingerprint density at radius 3 is 1.22 bits per heavy atom. The molecule has 0 aliphatic heterocycles. The Hall–Kier alpha value is -0.330. The minimum absolute atomic E-state index is 0.667. The molecule has 1 nitrogen and oxygen atoms in total. The first kappa shape index (κ1) is 8.67. The Kier molecular flexibility index (Phi) is 2.41. The maximum Gasteiger partial charge on any atom is 0.106 e. The Balaban J connectivity index is 0.000000291. The first-order chi connectivity index (χ1) is 4.07. The molecule has 1 saturated carbocycles. The van der Waals surface area contributed by atoms with E-state index in [0.29, 0.717) is 5.41 Å². The van der Waals surface area contributed by atoms with E-state index < -0.39 is 0 Å². The van der Waals surface area contributed by atoms with Crippen LogP contribution < -0.4 is 0 Å². The molecular formula is C8H16O. The van der Waals surface area contributed by atoms with E-state index in [1.54, 1.807) is 0 Å². The standard InChI is InChI=1S/C7H14.CH2O/c1-5-6(2)7(5,3)4;1-2/h5-6H,1-4H3;1H2. The average Bonchev–Trinajstić information content (AvgIpc) is 2.25. The monoisotopic (exact) mass is 128 g/mol. The zero-order chi connectivity index (χ0) is 7.65. The lowest BCUT2D eigenvalue weighted by atomic mass is 10.1. The highest BCUT2D eigenvalue weighted by molar-refractivity contribution is 5.11. The number of hydrogen-bond donors (Lipinski definition) is 0. The van der Waals surface area contributed by atoms with E-state index in [4.69, 9.17) is 4.79 Å². The molecule has 1 aliphatic rings. The lowest BCUT2D eigenvalue weighted by Gasteiger charge is -1.94. The van der Waals surface area contributed by atoms with E-state index in [1.165, 1.54) is 0 Å². The molecule has 0 aromatic heterocycles. The van der Waals surface area contributed by atoms with E-state index in [1.807, 2.05) is 6.79 Å². The minimum atomic E-state index is 0.667. The molecule has 0 amide bonds. The highest BCUT2D eigenvalue weighted by atomic mass is 16.1. The molecular weight excluding hydrogens is 112 g/mol. The van der Waals surface area contributed by atoms with Gasteiger partial charge >= 0.3 is 0 Å². The van der Waals surface area contributed by atoms with Crippen LogP contribution in [0.5, 0.6) is 0 Å². The Morgan fingerprint density at radius 1 is 1.11 bits per heavy atom. The summed E-state index contributed by atoms with van der Waals surface area (Å²) in [6.07, 6.45) is 0. The topological polar surface area (TPSA) is 17.1 Å².